The number of hydrogen-bond donors (Lipinski definition) is 0. The minimum atomic E-state index is 0.432. The summed E-state index contributed by atoms with van der Waals surface area (Å²) < 4.78 is 22.9. The van der Waals surface area contributed by atoms with Crippen molar-refractivity contribution in [3.63, 3.8) is 0 Å². The lowest BCUT2D eigenvalue weighted by atomic mass is 9.95. The standard InChI is InChI=1S/C67H43N5.C56H35N5O/c1-4-18-44(19-5-1)46-36-40-60-55(42-46)56-43-50(39-41-61(56)69(60)47-20-6-2-7-21-47)71-59-30-14-11-25-54(59)66-52(27-17-33-64(66)71)51-26-16-32-63-65(51)53-24-10-13-29-58(53)70(63)49-37-34-45(35-38-49)67-68-57-28-12-15-31-62(57)72(67)48-22-8-3-9-23-48;1-4-16-36(17-5-1)38-30-32-49-45(34-38)46-35-40(31-33-50(46)59(49)39-20-8-3-9-21-39)60-47-26-12-10-22-43(47)53-41(24-14-28-51(53)60)42-25-15-29-52-54(42)44-23-11-13-27-48(44)61(52)56-58-57-55(62-56)37-18-6-2-7-19-37/h1-43H;1-35H. The van der Waals surface area contributed by atoms with Crippen LogP contribution in [0.2, 0.25) is 0 Å². The summed E-state index contributed by atoms with van der Waals surface area (Å²) in [6.45, 7) is 0. The Morgan fingerprint density at radius 2 is 0.448 bits per heavy atom. The highest BCUT2D eigenvalue weighted by Gasteiger charge is 2.28. The molecule has 0 aliphatic heterocycles. The van der Waals surface area contributed by atoms with Crippen LogP contribution >= 0.6 is 0 Å². The van der Waals surface area contributed by atoms with Crippen LogP contribution in [0.3, 0.4) is 0 Å². The van der Waals surface area contributed by atoms with Crippen molar-refractivity contribution in [1.29, 1.82) is 0 Å². The molecule has 8 aromatic heterocycles. The number of nitrogens with zero attached hydrogens (tertiary/aromatic N) is 10. The van der Waals surface area contributed by atoms with E-state index in [2.05, 4.69) is 485 Å². The maximum atomic E-state index is 6.40. The van der Waals surface area contributed by atoms with E-state index in [4.69, 9.17) is 9.40 Å². The van der Waals surface area contributed by atoms with E-state index >= 15 is 0 Å². The smallest absolute Gasteiger partial charge is 0.327 e. The van der Waals surface area contributed by atoms with Gasteiger partial charge in [0.25, 0.3) is 0 Å². The van der Waals surface area contributed by atoms with Gasteiger partial charge in [-0.1, -0.05) is 284 Å². The van der Waals surface area contributed by atoms with Crippen molar-refractivity contribution >= 4 is 142 Å². The van der Waals surface area contributed by atoms with E-state index in [-0.39, 0.29) is 0 Å². The molecule has 0 atom stereocenters. The largest absolute Gasteiger partial charge is 0.403 e. The van der Waals surface area contributed by atoms with Crippen LogP contribution in [0.4, 0.5) is 0 Å². The van der Waals surface area contributed by atoms with E-state index in [1.807, 2.05) is 30.3 Å². The van der Waals surface area contributed by atoms with Gasteiger partial charge in [-0.2, -0.15) is 0 Å². The summed E-state index contributed by atoms with van der Waals surface area (Å²) in [5, 5.41) is 23.5. The van der Waals surface area contributed by atoms with Crippen LogP contribution in [0.25, 0.3) is 249 Å². The Bertz CT molecular complexity index is 9550. The van der Waals surface area contributed by atoms with E-state index in [9.17, 15) is 0 Å². The Labute approximate surface area is 768 Å². The molecule has 134 heavy (non-hydrogen) atoms. The fourth-order valence-corrected chi connectivity index (χ4v) is 21.5. The zero-order chi connectivity index (χ0) is 88.0. The van der Waals surface area contributed by atoms with Crippen molar-refractivity contribution < 1.29 is 4.42 Å². The maximum Gasteiger partial charge on any atom is 0.327 e. The highest BCUT2D eigenvalue weighted by Crippen LogP contribution is 2.49. The van der Waals surface area contributed by atoms with Gasteiger partial charge in [0.15, 0.2) is 0 Å². The zero-order valence-corrected chi connectivity index (χ0v) is 72.4. The van der Waals surface area contributed by atoms with Crippen LogP contribution in [0.5, 0.6) is 0 Å². The lowest BCUT2D eigenvalue weighted by Crippen LogP contribution is -1.98. The molecule has 0 aliphatic carbocycles. The topological polar surface area (TPSA) is 86.3 Å². The van der Waals surface area contributed by atoms with Gasteiger partial charge in [0.1, 0.15) is 5.82 Å². The molecule has 0 saturated heterocycles. The maximum absolute atomic E-state index is 6.40. The van der Waals surface area contributed by atoms with Gasteiger partial charge in [-0.05, 0) is 239 Å². The number of aromatic nitrogens is 10. The fraction of sp³-hybridized carbons (Fsp3) is 0. The van der Waals surface area contributed by atoms with Crippen molar-refractivity contribution in [3.8, 4) is 107 Å². The summed E-state index contributed by atoms with van der Waals surface area (Å²) in [6, 6.07) is 171. The lowest BCUT2D eigenvalue weighted by molar-refractivity contribution is 0.546. The van der Waals surface area contributed by atoms with Gasteiger partial charge in [0.2, 0.25) is 5.89 Å². The first-order valence-electron chi connectivity index (χ1n) is 45.5. The van der Waals surface area contributed by atoms with Crippen LogP contribution in [-0.2, 0) is 0 Å². The summed E-state index contributed by atoms with van der Waals surface area (Å²) >= 11 is 0. The van der Waals surface area contributed by atoms with E-state index in [1.54, 1.807) is 0 Å². The van der Waals surface area contributed by atoms with Crippen molar-refractivity contribution in [2.45, 2.75) is 0 Å². The van der Waals surface area contributed by atoms with Gasteiger partial charge < -0.3 is 27.3 Å². The number of benzene rings is 20. The summed E-state index contributed by atoms with van der Waals surface area (Å²) in [6.07, 6.45) is 0. The molecule has 0 unspecified atom stereocenters. The molecular formula is C123H78N10O. The van der Waals surface area contributed by atoms with E-state index in [1.165, 1.54) is 120 Å². The van der Waals surface area contributed by atoms with Crippen LogP contribution in [0.15, 0.2) is 478 Å². The monoisotopic (exact) mass is 1710 g/mol. The molecule has 20 aromatic carbocycles. The zero-order valence-electron chi connectivity index (χ0n) is 72.4. The van der Waals surface area contributed by atoms with Crippen molar-refractivity contribution in [2.24, 2.45) is 0 Å². The Hall–Kier alpha value is -18.2. The second-order valence-corrected chi connectivity index (χ2v) is 34.5. The molecule has 28 aromatic rings. The highest BCUT2D eigenvalue weighted by molar-refractivity contribution is 6.25. The third-order valence-corrected chi connectivity index (χ3v) is 27.2. The summed E-state index contributed by atoms with van der Waals surface area (Å²) in [5.41, 5.74) is 33.9. The average molecular weight is 1710 g/mol. The van der Waals surface area contributed by atoms with E-state index < -0.39 is 0 Å². The van der Waals surface area contributed by atoms with Crippen molar-refractivity contribution in [1.82, 2.24) is 47.2 Å². The Morgan fingerprint density at radius 1 is 0.164 bits per heavy atom. The molecule has 8 heterocycles. The second kappa shape index (κ2) is 30.8. The predicted molar refractivity (Wildman–Crippen MR) is 554 cm³/mol. The lowest BCUT2D eigenvalue weighted by Gasteiger charge is -2.12. The minimum Gasteiger partial charge on any atom is -0.403 e. The number of imidazole rings is 1. The van der Waals surface area contributed by atoms with Gasteiger partial charge in [0, 0.05) is 110 Å². The molecule has 0 N–H and O–H groups in total. The number of hydrogen-bond acceptors (Lipinski definition) is 4. The average Bonchev–Trinajstić information content (AvgIpc) is 1.54. The number of fused-ring (bicyclic) bond motifs is 19. The van der Waals surface area contributed by atoms with E-state index in [0.717, 1.165) is 117 Å². The number of rotatable bonds is 13. The molecule has 0 fully saturated rings. The number of para-hydroxylation sites is 9. The van der Waals surface area contributed by atoms with Crippen LogP contribution in [0.1, 0.15) is 0 Å². The van der Waals surface area contributed by atoms with Gasteiger partial charge >= 0.3 is 6.01 Å². The van der Waals surface area contributed by atoms with Crippen molar-refractivity contribution in [3.05, 3.63) is 473 Å². The normalized spacial score (nSPS) is 11.9. The summed E-state index contributed by atoms with van der Waals surface area (Å²) in [4.78, 5) is 5.17. The molecule has 626 valence electrons. The van der Waals surface area contributed by atoms with Crippen molar-refractivity contribution in [2.75, 3.05) is 0 Å². The molecule has 11 heteroatoms. The molecule has 11 nitrogen and oxygen atoms in total. The Balaban J connectivity index is 0.000000138. The highest BCUT2D eigenvalue weighted by atomic mass is 16.4. The third kappa shape index (κ3) is 12.0. The van der Waals surface area contributed by atoms with Gasteiger partial charge in [-0.15, -0.1) is 5.10 Å². The molecule has 0 aliphatic rings. The molecule has 0 saturated carbocycles. The third-order valence-electron chi connectivity index (χ3n) is 27.2. The first kappa shape index (κ1) is 75.9. The predicted octanol–water partition coefficient (Wildman–Crippen LogP) is 31.7. The molecule has 0 spiro atoms. The van der Waals surface area contributed by atoms with Gasteiger partial charge in [0.05, 0.1) is 77.2 Å². The van der Waals surface area contributed by atoms with Gasteiger partial charge in [-0.25, -0.2) is 4.98 Å². The van der Waals surface area contributed by atoms with E-state index in [0.29, 0.717) is 11.9 Å². The quantitative estimate of drug-likeness (QED) is 0.115. The molecule has 0 amide bonds. The first-order valence-corrected chi connectivity index (χ1v) is 45.5. The molecule has 0 bridgehead atoms. The SMILES string of the molecule is c1ccc(-c2ccc3c(c2)c2cc(-n4c5ccccc5c5c(-c6cccc7c6c6ccccc6n7-c6ccc(-c7nc8ccccc8n7-c7ccccc7)cc6)cccc54)ccc2n3-c2ccccc2)cc1.c1ccc(-c2ccc3c(c2)c2cc(-n4c5ccccc5c5c(-c6cccc7c6c6ccccc6n7-c6nnc(-c7ccccc7)o6)cccc54)ccc2n3-c2ccccc2)cc1. The second-order valence-electron chi connectivity index (χ2n) is 34.5. The van der Waals surface area contributed by atoms with Gasteiger partial charge in [-0.3, -0.25) is 9.13 Å². The molecular weight excluding hydrogens is 1630 g/mol. The summed E-state index contributed by atoms with van der Waals surface area (Å²) in [7, 11) is 0. The molecule has 0 radical (unpaired) electrons. The van der Waals surface area contributed by atoms with Crippen LogP contribution in [-0.4, -0.2) is 47.2 Å². The molecule has 28 rings (SSSR count). The van der Waals surface area contributed by atoms with Crippen LogP contribution in [0, 0.1) is 0 Å². The first-order chi connectivity index (χ1) is 66.5. The minimum absolute atomic E-state index is 0.432. The van der Waals surface area contributed by atoms with Crippen LogP contribution < -0.4 is 0 Å². The Kier molecular flexibility index (Phi) is 17.4. The fourth-order valence-electron chi connectivity index (χ4n) is 21.5. The Morgan fingerprint density at radius 3 is 0.866 bits per heavy atom. The summed E-state index contributed by atoms with van der Waals surface area (Å²) in [5.74, 6) is 1.40.